The molecule has 1 unspecified atom stereocenters. The van der Waals surface area contributed by atoms with E-state index in [0.717, 1.165) is 0 Å². The maximum Gasteiger partial charge on any atom is 0.309 e. The van der Waals surface area contributed by atoms with Crippen molar-refractivity contribution in [1.29, 1.82) is 0 Å². The summed E-state index contributed by atoms with van der Waals surface area (Å²) in [7, 11) is 0. The van der Waals surface area contributed by atoms with E-state index in [2.05, 4.69) is 4.74 Å². The summed E-state index contributed by atoms with van der Waals surface area (Å²) in [4.78, 5) is 20.3. The maximum atomic E-state index is 10.2. The molecule has 0 aliphatic carbocycles. The lowest BCUT2D eigenvalue weighted by atomic mass is 10.2. The number of aliphatic carboxylic acids is 1. The van der Waals surface area contributed by atoms with Crippen molar-refractivity contribution >= 4 is 11.9 Å². The predicted octanol–water partition coefficient (Wildman–Crippen LogP) is 0.270. The molecule has 58 valence electrons. The van der Waals surface area contributed by atoms with E-state index in [9.17, 15) is 9.59 Å². The van der Waals surface area contributed by atoms with E-state index in [0.29, 0.717) is 0 Å². The Morgan fingerprint density at radius 2 is 2.10 bits per heavy atom. The lowest BCUT2D eigenvalue weighted by molar-refractivity contribution is -0.148. The van der Waals surface area contributed by atoms with Crippen molar-refractivity contribution in [2.45, 2.75) is 13.8 Å². The van der Waals surface area contributed by atoms with E-state index >= 15 is 0 Å². The van der Waals surface area contributed by atoms with E-state index in [1.54, 1.807) is 0 Å². The summed E-state index contributed by atoms with van der Waals surface area (Å²) in [6.45, 7) is 2.67. The number of rotatable bonds is 3. The zero-order valence-electron chi connectivity index (χ0n) is 5.96. The Morgan fingerprint density at radius 1 is 1.60 bits per heavy atom. The monoisotopic (exact) mass is 146 g/mol. The fourth-order valence-electron chi connectivity index (χ4n) is 0.314. The molecule has 0 heterocycles. The number of carbonyl (C=O) groups is 2. The molecule has 0 radical (unpaired) electrons. The van der Waals surface area contributed by atoms with Gasteiger partial charge in [-0.2, -0.15) is 0 Å². The van der Waals surface area contributed by atoms with Crippen molar-refractivity contribution in [3.63, 3.8) is 0 Å². The Labute approximate surface area is 58.8 Å². The molecular weight excluding hydrogens is 136 g/mol. The second kappa shape index (κ2) is 3.87. The first-order valence-corrected chi connectivity index (χ1v) is 2.90. The average molecular weight is 146 g/mol. The molecule has 1 N–H and O–H groups in total. The van der Waals surface area contributed by atoms with Gasteiger partial charge in [0.2, 0.25) is 0 Å². The summed E-state index contributed by atoms with van der Waals surface area (Å²) in [6.07, 6.45) is 0. The second-order valence-electron chi connectivity index (χ2n) is 2.04. The molecule has 0 fully saturated rings. The summed E-state index contributed by atoms with van der Waals surface area (Å²) in [5.74, 6) is -2.03. The molecule has 4 heteroatoms. The third-order valence-electron chi connectivity index (χ3n) is 0.958. The lowest BCUT2D eigenvalue weighted by Gasteiger charge is -2.04. The van der Waals surface area contributed by atoms with Gasteiger partial charge in [0.1, 0.15) is 6.61 Å². The minimum absolute atomic E-state index is 0.0509. The predicted molar refractivity (Wildman–Crippen MR) is 33.4 cm³/mol. The number of carboxylic acids is 1. The van der Waals surface area contributed by atoms with Crippen molar-refractivity contribution in [3.05, 3.63) is 0 Å². The molecule has 0 aromatic rings. The van der Waals surface area contributed by atoms with Gasteiger partial charge in [-0.1, -0.05) is 0 Å². The Balaban J connectivity index is 3.49. The van der Waals surface area contributed by atoms with Gasteiger partial charge < -0.3 is 9.84 Å². The molecular formula is C6H10O4. The molecule has 0 aromatic carbocycles. The average Bonchev–Trinajstić information content (AvgIpc) is 1.82. The van der Waals surface area contributed by atoms with Gasteiger partial charge in [0.15, 0.2) is 0 Å². The van der Waals surface area contributed by atoms with E-state index < -0.39 is 17.9 Å². The van der Waals surface area contributed by atoms with Crippen molar-refractivity contribution in [3.8, 4) is 0 Å². The van der Waals surface area contributed by atoms with Crippen molar-refractivity contribution in [2.75, 3.05) is 6.61 Å². The molecule has 0 aliphatic rings. The van der Waals surface area contributed by atoms with Gasteiger partial charge in [0, 0.05) is 6.92 Å². The van der Waals surface area contributed by atoms with E-state index in [-0.39, 0.29) is 6.61 Å². The van der Waals surface area contributed by atoms with Crippen LogP contribution in [-0.2, 0) is 14.3 Å². The molecule has 10 heavy (non-hydrogen) atoms. The van der Waals surface area contributed by atoms with Gasteiger partial charge in [0.25, 0.3) is 0 Å². The number of ether oxygens (including phenoxy) is 1. The van der Waals surface area contributed by atoms with Crippen molar-refractivity contribution < 1.29 is 19.4 Å². The lowest BCUT2D eigenvalue weighted by Crippen LogP contribution is -2.17. The highest BCUT2D eigenvalue weighted by Gasteiger charge is 2.11. The quantitative estimate of drug-likeness (QED) is 0.580. The summed E-state index contributed by atoms with van der Waals surface area (Å²) >= 11 is 0. The minimum Gasteiger partial charge on any atom is -0.481 e. The van der Waals surface area contributed by atoms with E-state index in [1.807, 2.05) is 0 Å². The summed E-state index contributed by atoms with van der Waals surface area (Å²) in [6, 6.07) is 0. The van der Waals surface area contributed by atoms with Crippen LogP contribution in [0.1, 0.15) is 13.8 Å². The van der Waals surface area contributed by atoms with Gasteiger partial charge in [0.05, 0.1) is 5.92 Å². The Hall–Kier alpha value is -1.06. The van der Waals surface area contributed by atoms with Gasteiger partial charge >= 0.3 is 11.9 Å². The van der Waals surface area contributed by atoms with Crippen LogP contribution in [0.4, 0.5) is 0 Å². The van der Waals surface area contributed by atoms with Crippen molar-refractivity contribution in [1.82, 2.24) is 0 Å². The SMILES string of the molecule is CC(=O)OCC(C)C(=O)O. The molecule has 0 amide bonds. The van der Waals surface area contributed by atoms with Crippen LogP contribution in [0.5, 0.6) is 0 Å². The topological polar surface area (TPSA) is 63.6 Å². The van der Waals surface area contributed by atoms with Gasteiger partial charge in [-0.05, 0) is 6.92 Å². The Bertz CT molecular complexity index is 141. The largest absolute Gasteiger partial charge is 0.481 e. The van der Waals surface area contributed by atoms with E-state index in [4.69, 9.17) is 5.11 Å². The van der Waals surface area contributed by atoms with Gasteiger partial charge in [-0.15, -0.1) is 0 Å². The molecule has 0 saturated carbocycles. The van der Waals surface area contributed by atoms with Crippen LogP contribution >= 0.6 is 0 Å². The zero-order chi connectivity index (χ0) is 8.15. The zero-order valence-corrected chi connectivity index (χ0v) is 5.96. The molecule has 0 rings (SSSR count). The number of hydrogen-bond donors (Lipinski definition) is 1. The summed E-state index contributed by atoms with van der Waals surface area (Å²) in [5.41, 5.74) is 0. The third-order valence-corrected chi connectivity index (χ3v) is 0.958. The molecule has 0 aromatic heterocycles. The number of carboxylic acid groups (broad SMARTS) is 1. The highest BCUT2D eigenvalue weighted by Crippen LogP contribution is 1.94. The number of carbonyl (C=O) groups excluding carboxylic acids is 1. The molecule has 4 nitrogen and oxygen atoms in total. The highest BCUT2D eigenvalue weighted by atomic mass is 16.5. The summed E-state index contributed by atoms with van der Waals surface area (Å²) in [5, 5.41) is 8.30. The van der Waals surface area contributed by atoms with E-state index in [1.165, 1.54) is 13.8 Å². The number of esters is 1. The minimum atomic E-state index is -0.957. The molecule has 0 spiro atoms. The van der Waals surface area contributed by atoms with Crippen molar-refractivity contribution in [2.24, 2.45) is 5.92 Å². The first-order chi connectivity index (χ1) is 4.54. The van der Waals surface area contributed by atoms with Gasteiger partial charge in [-0.25, -0.2) is 0 Å². The smallest absolute Gasteiger partial charge is 0.309 e. The number of hydrogen-bond acceptors (Lipinski definition) is 3. The van der Waals surface area contributed by atoms with Crippen LogP contribution < -0.4 is 0 Å². The Kier molecular flexibility index (Phi) is 3.46. The first-order valence-electron chi connectivity index (χ1n) is 2.90. The van der Waals surface area contributed by atoms with Crippen LogP contribution in [0.25, 0.3) is 0 Å². The fourth-order valence-corrected chi connectivity index (χ4v) is 0.314. The van der Waals surface area contributed by atoms with Crippen LogP contribution in [0.15, 0.2) is 0 Å². The third kappa shape index (κ3) is 3.88. The van der Waals surface area contributed by atoms with Crippen LogP contribution in [0.3, 0.4) is 0 Å². The van der Waals surface area contributed by atoms with Gasteiger partial charge in [-0.3, -0.25) is 9.59 Å². The Morgan fingerprint density at radius 3 is 2.40 bits per heavy atom. The summed E-state index contributed by atoms with van der Waals surface area (Å²) < 4.78 is 4.45. The normalized spacial score (nSPS) is 12.2. The molecule has 0 aliphatic heterocycles. The fraction of sp³-hybridized carbons (Fsp3) is 0.667. The van der Waals surface area contributed by atoms with Crippen LogP contribution in [0.2, 0.25) is 0 Å². The molecule has 1 atom stereocenters. The van der Waals surface area contributed by atoms with Crippen LogP contribution in [-0.4, -0.2) is 23.7 Å². The standard InChI is InChI=1S/C6H10O4/c1-4(6(8)9)3-10-5(2)7/h4H,3H2,1-2H3,(H,8,9). The second-order valence-corrected chi connectivity index (χ2v) is 2.04. The molecule has 0 bridgehead atoms. The molecule has 0 saturated heterocycles. The first kappa shape index (κ1) is 8.94. The highest BCUT2D eigenvalue weighted by molar-refractivity contribution is 5.70. The maximum absolute atomic E-state index is 10.2. The van der Waals surface area contributed by atoms with Crippen LogP contribution in [0, 0.1) is 5.92 Å².